The van der Waals surface area contributed by atoms with Crippen molar-refractivity contribution < 1.29 is 18.3 Å². The lowest BCUT2D eigenvalue weighted by molar-refractivity contribution is 0.242. The van der Waals surface area contributed by atoms with E-state index in [1.54, 1.807) is 24.3 Å². The SMILES string of the molecule is CS(=O)(=O)c1ccc([C@@H]2O[C@@H]2CO)cc1. The second kappa shape index (κ2) is 3.59. The Bertz CT molecular complexity index is 449. The van der Waals surface area contributed by atoms with Gasteiger partial charge in [-0.15, -0.1) is 0 Å². The summed E-state index contributed by atoms with van der Waals surface area (Å²) in [5, 5.41) is 8.80. The van der Waals surface area contributed by atoms with Crippen molar-refractivity contribution in [3.63, 3.8) is 0 Å². The first kappa shape index (κ1) is 10.6. The van der Waals surface area contributed by atoms with E-state index in [4.69, 9.17) is 9.84 Å². The molecule has 0 aromatic heterocycles. The predicted molar refractivity (Wildman–Crippen MR) is 54.3 cm³/mol. The maximum atomic E-state index is 11.2. The van der Waals surface area contributed by atoms with Gasteiger partial charge >= 0.3 is 0 Å². The highest BCUT2D eigenvalue weighted by Gasteiger charge is 2.39. The second-order valence-electron chi connectivity index (χ2n) is 3.62. The predicted octanol–water partition coefficient (Wildman–Crippen LogP) is 0.522. The molecule has 15 heavy (non-hydrogen) atoms. The van der Waals surface area contributed by atoms with Gasteiger partial charge in [0.25, 0.3) is 0 Å². The number of epoxide rings is 1. The number of ether oxygens (including phenoxy) is 1. The minimum atomic E-state index is -3.13. The third kappa shape index (κ3) is 2.19. The summed E-state index contributed by atoms with van der Waals surface area (Å²) in [6.45, 7) is -0.00149. The molecule has 0 radical (unpaired) electrons. The lowest BCUT2D eigenvalue weighted by Crippen LogP contribution is -1.98. The monoisotopic (exact) mass is 228 g/mol. The Morgan fingerprint density at radius 3 is 2.33 bits per heavy atom. The molecule has 2 rings (SSSR count). The van der Waals surface area contributed by atoms with E-state index < -0.39 is 9.84 Å². The molecule has 2 atom stereocenters. The van der Waals surface area contributed by atoms with E-state index in [9.17, 15) is 8.42 Å². The molecule has 82 valence electrons. The summed E-state index contributed by atoms with van der Waals surface area (Å²) >= 11 is 0. The molecule has 1 aliphatic rings. The van der Waals surface area contributed by atoms with E-state index in [1.165, 1.54) is 6.26 Å². The standard InChI is InChI=1S/C10H12O4S/c1-15(12,13)8-4-2-7(3-5-8)10-9(6-11)14-10/h2-5,9-11H,6H2,1H3/t9-,10+/m1/s1. The van der Waals surface area contributed by atoms with E-state index >= 15 is 0 Å². The van der Waals surface area contributed by atoms with Crippen molar-refractivity contribution in [2.75, 3.05) is 12.9 Å². The number of rotatable bonds is 3. The number of aliphatic hydroxyl groups excluding tert-OH is 1. The van der Waals surface area contributed by atoms with Crippen LogP contribution in [-0.2, 0) is 14.6 Å². The number of hydrogen-bond acceptors (Lipinski definition) is 4. The summed E-state index contributed by atoms with van der Waals surface area (Å²) in [5.41, 5.74) is 0.904. The first-order valence-electron chi connectivity index (χ1n) is 4.58. The minimum Gasteiger partial charge on any atom is -0.394 e. The van der Waals surface area contributed by atoms with Gasteiger partial charge in [-0.3, -0.25) is 0 Å². The van der Waals surface area contributed by atoms with Crippen LogP contribution in [0.4, 0.5) is 0 Å². The number of benzene rings is 1. The molecular weight excluding hydrogens is 216 g/mol. The van der Waals surface area contributed by atoms with E-state index in [-0.39, 0.29) is 18.8 Å². The number of hydrogen-bond donors (Lipinski definition) is 1. The Balaban J connectivity index is 2.19. The van der Waals surface area contributed by atoms with Crippen molar-refractivity contribution in [1.29, 1.82) is 0 Å². The first-order valence-corrected chi connectivity index (χ1v) is 6.48. The summed E-state index contributed by atoms with van der Waals surface area (Å²) in [5.74, 6) is 0. The molecule has 1 N–H and O–H groups in total. The molecule has 1 aromatic carbocycles. The van der Waals surface area contributed by atoms with Crippen LogP contribution in [0.3, 0.4) is 0 Å². The summed E-state index contributed by atoms with van der Waals surface area (Å²) in [4.78, 5) is 0.299. The zero-order valence-electron chi connectivity index (χ0n) is 8.25. The van der Waals surface area contributed by atoms with Gasteiger partial charge in [0, 0.05) is 6.26 Å². The molecule has 1 fully saturated rings. The topological polar surface area (TPSA) is 66.9 Å². The van der Waals surface area contributed by atoms with Gasteiger partial charge in [-0.2, -0.15) is 0 Å². The molecule has 0 unspecified atom stereocenters. The van der Waals surface area contributed by atoms with E-state index in [0.29, 0.717) is 4.90 Å². The average molecular weight is 228 g/mol. The van der Waals surface area contributed by atoms with Gasteiger partial charge < -0.3 is 9.84 Å². The summed E-state index contributed by atoms with van der Waals surface area (Å²) in [6.07, 6.45) is 0.962. The van der Waals surface area contributed by atoms with Crippen LogP contribution in [0.25, 0.3) is 0 Å². The van der Waals surface area contributed by atoms with Gasteiger partial charge in [0.15, 0.2) is 9.84 Å². The number of aliphatic hydroxyl groups is 1. The molecule has 1 saturated heterocycles. The highest BCUT2D eigenvalue weighted by atomic mass is 32.2. The van der Waals surface area contributed by atoms with Gasteiger partial charge in [0.1, 0.15) is 12.2 Å². The van der Waals surface area contributed by atoms with Crippen molar-refractivity contribution in [3.05, 3.63) is 29.8 Å². The molecule has 0 amide bonds. The maximum absolute atomic E-state index is 11.2. The van der Waals surface area contributed by atoms with Gasteiger partial charge in [-0.25, -0.2) is 8.42 Å². The lowest BCUT2D eigenvalue weighted by atomic mass is 10.1. The lowest BCUT2D eigenvalue weighted by Gasteiger charge is -1.99. The van der Waals surface area contributed by atoms with Crippen molar-refractivity contribution in [2.45, 2.75) is 17.1 Å². The van der Waals surface area contributed by atoms with Crippen LogP contribution >= 0.6 is 0 Å². The van der Waals surface area contributed by atoms with E-state index in [1.807, 2.05) is 0 Å². The van der Waals surface area contributed by atoms with Gasteiger partial charge in [-0.05, 0) is 17.7 Å². The molecule has 0 spiro atoms. The normalized spacial score (nSPS) is 25.2. The fourth-order valence-electron chi connectivity index (χ4n) is 1.48. The van der Waals surface area contributed by atoms with Crippen molar-refractivity contribution >= 4 is 9.84 Å². The second-order valence-corrected chi connectivity index (χ2v) is 5.63. The molecule has 4 nitrogen and oxygen atoms in total. The van der Waals surface area contributed by atoms with Crippen molar-refractivity contribution in [2.24, 2.45) is 0 Å². The zero-order chi connectivity index (χ0) is 11.1. The van der Waals surface area contributed by atoms with E-state index in [2.05, 4.69) is 0 Å². The minimum absolute atomic E-state index is 0.00149. The molecular formula is C10H12O4S. The van der Waals surface area contributed by atoms with Crippen LogP contribution in [0, 0.1) is 0 Å². The third-order valence-corrected chi connectivity index (χ3v) is 3.53. The molecule has 1 heterocycles. The Morgan fingerprint density at radius 1 is 1.33 bits per heavy atom. The largest absolute Gasteiger partial charge is 0.394 e. The third-order valence-electron chi connectivity index (χ3n) is 2.40. The van der Waals surface area contributed by atoms with E-state index in [0.717, 1.165) is 5.56 Å². The summed E-state index contributed by atoms with van der Waals surface area (Å²) in [7, 11) is -3.13. The smallest absolute Gasteiger partial charge is 0.175 e. The molecule has 0 bridgehead atoms. The highest BCUT2D eigenvalue weighted by molar-refractivity contribution is 7.90. The summed E-state index contributed by atoms with van der Waals surface area (Å²) < 4.78 is 27.5. The zero-order valence-corrected chi connectivity index (χ0v) is 9.07. The average Bonchev–Trinajstić information content (AvgIpc) is 2.95. The molecule has 0 saturated carbocycles. The number of sulfone groups is 1. The fraction of sp³-hybridized carbons (Fsp3) is 0.400. The highest BCUT2D eigenvalue weighted by Crippen LogP contribution is 2.38. The van der Waals surface area contributed by atoms with Crippen LogP contribution in [0.1, 0.15) is 11.7 Å². The Hall–Kier alpha value is -0.910. The first-order chi connectivity index (χ1) is 7.02. The molecule has 1 aliphatic heterocycles. The molecule has 5 heteroatoms. The van der Waals surface area contributed by atoms with Gasteiger partial charge in [-0.1, -0.05) is 12.1 Å². The Morgan fingerprint density at radius 2 is 1.93 bits per heavy atom. The van der Waals surface area contributed by atoms with Gasteiger partial charge in [0.05, 0.1) is 11.5 Å². The quantitative estimate of drug-likeness (QED) is 0.766. The molecule has 1 aromatic rings. The van der Waals surface area contributed by atoms with Crippen molar-refractivity contribution in [1.82, 2.24) is 0 Å². The fourth-order valence-corrected chi connectivity index (χ4v) is 2.11. The summed E-state index contributed by atoms with van der Waals surface area (Å²) in [6, 6.07) is 6.55. The van der Waals surface area contributed by atoms with Crippen LogP contribution in [0.5, 0.6) is 0 Å². The van der Waals surface area contributed by atoms with Crippen LogP contribution in [0.2, 0.25) is 0 Å². The Labute approximate surface area is 88.4 Å². The van der Waals surface area contributed by atoms with Crippen molar-refractivity contribution in [3.8, 4) is 0 Å². The van der Waals surface area contributed by atoms with Crippen LogP contribution in [-0.4, -0.2) is 32.5 Å². The maximum Gasteiger partial charge on any atom is 0.175 e. The van der Waals surface area contributed by atoms with Gasteiger partial charge in [0.2, 0.25) is 0 Å². The molecule has 0 aliphatic carbocycles. The Kier molecular flexibility index (Phi) is 2.54. The van der Waals surface area contributed by atoms with Crippen LogP contribution < -0.4 is 0 Å². The van der Waals surface area contributed by atoms with Crippen LogP contribution in [0.15, 0.2) is 29.2 Å².